The minimum atomic E-state index is -1.51. The molecule has 0 saturated heterocycles. The SMILES string of the molecule is [B-]c1c(F)nc(F)c(C=O)c1F. The van der Waals surface area contributed by atoms with Crippen LogP contribution in [0.25, 0.3) is 0 Å². The van der Waals surface area contributed by atoms with E-state index in [2.05, 4.69) is 4.98 Å². The van der Waals surface area contributed by atoms with E-state index in [-0.39, 0.29) is 6.29 Å². The van der Waals surface area contributed by atoms with Gasteiger partial charge in [0.1, 0.15) is 5.56 Å². The zero-order chi connectivity index (χ0) is 9.30. The lowest BCUT2D eigenvalue weighted by Crippen LogP contribution is -2.20. The Hall–Kier alpha value is -1.33. The predicted molar refractivity (Wildman–Crippen MR) is 34.9 cm³/mol. The molecule has 0 atom stereocenters. The first-order valence-electron chi connectivity index (χ1n) is 2.83. The zero-order valence-corrected chi connectivity index (χ0v) is 5.64. The quantitative estimate of drug-likeness (QED) is 0.340. The number of nitrogens with zero attached hydrogens (tertiary/aromatic N) is 1. The van der Waals surface area contributed by atoms with E-state index in [0.717, 1.165) is 0 Å². The number of aldehydes is 1. The van der Waals surface area contributed by atoms with Gasteiger partial charge < -0.3 is 7.85 Å². The summed E-state index contributed by atoms with van der Waals surface area (Å²) in [7, 11) is 4.79. The highest BCUT2D eigenvalue weighted by atomic mass is 19.1. The Kier molecular flexibility index (Phi) is 2.17. The average molecular weight is 171 g/mol. The number of aromatic nitrogens is 1. The molecule has 1 aromatic rings. The molecule has 0 N–H and O–H groups in total. The fourth-order valence-corrected chi connectivity index (χ4v) is 0.633. The summed E-state index contributed by atoms with van der Waals surface area (Å²) in [5, 5.41) is 0. The van der Waals surface area contributed by atoms with Crippen molar-refractivity contribution in [2.45, 2.75) is 0 Å². The first-order chi connectivity index (χ1) is 5.57. The lowest BCUT2D eigenvalue weighted by atomic mass is 9.96. The Morgan fingerprint density at radius 3 is 2.33 bits per heavy atom. The van der Waals surface area contributed by atoms with Gasteiger partial charge in [-0.05, 0) is 0 Å². The molecular weight excluding hydrogens is 170 g/mol. The number of carbonyl (C=O) groups excluding carboxylic acids is 1. The van der Waals surface area contributed by atoms with Crippen molar-refractivity contribution < 1.29 is 18.0 Å². The Morgan fingerprint density at radius 1 is 1.25 bits per heavy atom. The van der Waals surface area contributed by atoms with Crippen LogP contribution in [0.3, 0.4) is 0 Å². The molecule has 0 aliphatic heterocycles. The van der Waals surface area contributed by atoms with Crippen molar-refractivity contribution >= 4 is 19.6 Å². The van der Waals surface area contributed by atoms with Crippen molar-refractivity contribution in [3.8, 4) is 0 Å². The van der Waals surface area contributed by atoms with Gasteiger partial charge in [-0.3, -0.25) is 4.79 Å². The van der Waals surface area contributed by atoms with E-state index in [1.807, 2.05) is 0 Å². The highest BCUT2D eigenvalue weighted by molar-refractivity contribution is 6.32. The van der Waals surface area contributed by atoms with E-state index in [4.69, 9.17) is 7.85 Å². The zero-order valence-electron chi connectivity index (χ0n) is 5.64. The molecular formula is C6HBF3NO-. The van der Waals surface area contributed by atoms with Crippen molar-refractivity contribution in [3.63, 3.8) is 0 Å². The maximum atomic E-state index is 12.6. The van der Waals surface area contributed by atoms with Gasteiger partial charge >= 0.3 is 0 Å². The van der Waals surface area contributed by atoms with Crippen LogP contribution in [0.2, 0.25) is 0 Å². The Bertz CT molecular complexity index is 342. The molecule has 1 aromatic heterocycles. The maximum Gasteiger partial charge on any atom is 0.228 e. The molecule has 0 amide bonds. The van der Waals surface area contributed by atoms with Gasteiger partial charge in [-0.15, -0.1) is 0 Å². The van der Waals surface area contributed by atoms with Crippen LogP contribution in [0.15, 0.2) is 0 Å². The first-order valence-corrected chi connectivity index (χ1v) is 2.83. The molecule has 0 saturated carbocycles. The van der Waals surface area contributed by atoms with Crippen LogP contribution in [0.1, 0.15) is 10.4 Å². The van der Waals surface area contributed by atoms with E-state index in [9.17, 15) is 18.0 Å². The Balaban J connectivity index is 3.51. The summed E-state index contributed by atoms with van der Waals surface area (Å²) in [6.45, 7) is 0. The number of rotatable bonds is 1. The topological polar surface area (TPSA) is 30.0 Å². The molecule has 0 unspecified atom stereocenters. The third-order valence-corrected chi connectivity index (χ3v) is 1.23. The van der Waals surface area contributed by atoms with Crippen molar-refractivity contribution in [2.24, 2.45) is 0 Å². The van der Waals surface area contributed by atoms with E-state index in [0.29, 0.717) is 0 Å². The van der Waals surface area contributed by atoms with E-state index in [1.165, 1.54) is 0 Å². The van der Waals surface area contributed by atoms with Crippen molar-refractivity contribution in [1.29, 1.82) is 0 Å². The maximum absolute atomic E-state index is 12.6. The second-order valence-electron chi connectivity index (χ2n) is 1.95. The van der Waals surface area contributed by atoms with Gasteiger partial charge in [-0.2, -0.15) is 13.8 Å². The van der Waals surface area contributed by atoms with Crippen molar-refractivity contribution in [1.82, 2.24) is 4.98 Å². The molecule has 0 bridgehead atoms. The van der Waals surface area contributed by atoms with Crippen molar-refractivity contribution in [3.05, 3.63) is 23.3 Å². The molecule has 0 aliphatic rings. The molecule has 1 heterocycles. The van der Waals surface area contributed by atoms with Crippen LogP contribution in [0, 0.1) is 17.7 Å². The summed E-state index contributed by atoms with van der Waals surface area (Å²) < 4.78 is 37.4. The van der Waals surface area contributed by atoms with Crippen LogP contribution < -0.4 is 5.46 Å². The van der Waals surface area contributed by atoms with Gasteiger partial charge in [-0.25, -0.2) is 9.85 Å². The summed E-state index contributed by atoms with van der Waals surface area (Å²) in [6, 6.07) is 0. The normalized spacial score (nSPS) is 10.0. The molecule has 1 rings (SSSR count). The highest BCUT2D eigenvalue weighted by Crippen LogP contribution is 2.05. The van der Waals surface area contributed by atoms with Crippen LogP contribution in [0.4, 0.5) is 13.2 Å². The average Bonchev–Trinajstić information content (AvgIpc) is 2.01. The second-order valence-corrected chi connectivity index (χ2v) is 1.95. The van der Waals surface area contributed by atoms with Gasteiger partial charge in [-0.1, -0.05) is 0 Å². The molecule has 61 valence electrons. The molecule has 0 aliphatic carbocycles. The van der Waals surface area contributed by atoms with Crippen molar-refractivity contribution in [2.75, 3.05) is 0 Å². The summed E-state index contributed by atoms with van der Waals surface area (Å²) in [6.07, 6.45) is -0.118. The van der Waals surface area contributed by atoms with E-state index in [1.54, 1.807) is 0 Å². The predicted octanol–water partition coefficient (Wildman–Crippen LogP) is 0.105. The third-order valence-electron chi connectivity index (χ3n) is 1.23. The molecule has 0 aromatic carbocycles. The lowest BCUT2D eigenvalue weighted by Gasteiger charge is -2.10. The number of pyridine rings is 1. The van der Waals surface area contributed by atoms with Gasteiger partial charge in [0, 0.05) is 0 Å². The molecule has 0 fully saturated rings. The monoisotopic (exact) mass is 171 g/mol. The minimum Gasteiger partial charge on any atom is -0.570 e. The van der Waals surface area contributed by atoms with Gasteiger partial charge in [0.2, 0.25) is 5.95 Å². The number of halogens is 3. The molecule has 12 heavy (non-hydrogen) atoms. The summed E-state index contributed by atoms with van der Waals surface area (Å²) in [5.74, 6) is -4.39. The van der Waals surface area contributed by atoms with Crippen LogP contribution in [-0.4, -0.2) is 19.1 Å². The molecule has 3 radical (unpaired) electrons. The highest BCUT2D eigenvalue weighted by Gasteiger charge is 2.10. The molecule has 6 heteroatoms. The number of hydrogen-bond donors (Lipinski definition) is 0. The summed E-state index contributed by atoms with van der Waals surface area (Å²) in [4.78, 5) is 12.6. The van der Waals surface area contributed by atoms with Gasteiger partial charge in [0.05, 0.1) is 5.82 Å². The first kappa shape index (κ1) is 8.77. The fraction of sp³-hybridized carbons (Fsp3) is 0. The van der Waals surface area contributed by atoms with Crippen LogP contribution in [-0.2, 0) is 0 Å². The second kappa shape index (κ2) is 2.96. The number of hydrogen-bond acceptors (Lipinski definition) is 2. The number of carbonyl (C=O) groups is 1. The van der Waals surface area contributed by atoms with Crippen LogP contribution in [0.5, 0.6) is 0 Å². The minimum absolute atomic E-state index is 0.118. The Morgan fingerprint density at radius 2 is 1.83 bits per heavy atom. The summed E-state index contributed by atoms with van der Waals surface area (Å²) >= 11 is 0. The fourth-order valence-electron chi connectivity index (χ4n) is 0.633. The van der Waals surface area contributed by atoms with Gasteiger partial charge in [0.25, 0.3) is 0 Å². The molecule has 2 nitrogen and oxygen atoms in total. The van der Waals surface area contributed by atoms with Crippen LogP contribution >= 0.6 is 0 Å². The standard InChI is InChI=1S/C6HBF3NO/c7-3-4(8)2(1-12)5(9)11-6(3)10/h1H/q-1. The smallest absolute Gasteiger partial charge is 0.228 e. The lowest BCUT2D eigenvalue weighted by molar-refractivity contribution is 0.111. The Labute approximate surface area is 66.8 Å². The summed E-state index contributed by atoms with van der Waals surface area (Å²) in [5.41, 5.74) is -1.92. The third kappa shape index (κ3) is 1.20. The largest absolute Gasteiger partial charge is 0.570 e. The van der Waals surface area contributed by atoms with E-state index >= 15 is 0 Å². The molecule has 0 spiro atoms. The van der Waals surface area contributed by atoms with Gasteiger partial charge in [0.15, 0.2) is 12.2 Å². The van der Waals surface area contributed by atoms with E-state index < -0.39 is 28.7 Å².